The number of benzene rings is 6. The molecule has 7 aliphatic rings. The molecule has 55 heavy (non-hydrogen) atoms. The molecule has 3 heteroatoms. The minimum absolute atomic E-state index is 0.170. The van der Waals surface area contributed by atoms with Gasteiger partial charge in [-0.3, -0.25) is 4.79 Å². The Morgan fingerprint density at radius 1 is 0.491 bits per heavy atom. The lowest BCUT2D eigenvalue weighted by molar-refractivity contribution is 0.0898. The third-order valence-electron chi connectivity index (χ3n) is 15.5. The maximum Gasteiger partial charge on any atom is 0.166 e. The average molecular weight is 712 g/mol. The Kier molecular flexibility index (Phi) is 5.68. The van der Waals surface area contributed by atoms with E-state index in [0.717, 1.165) is 54.2 Å². The number of ketones is 1. The molecule has 6 bridgehead atoms. The highest BCUT2D eigenvalue weighted by atomic mass is 16.3. The number of hydrogen-bond acceptors (Lipinski definition) is 2. The fourth-order valence-corrected chi connectivity index (χ4v) is 13.5. The number of hydrogen-bond donors (Lipinski definition) is 0. The van der Waals surface area contributed by atoms with E-state index in [1.165, 1.54) is 109 Å². The molecule has 16 rings (SSSR count). The summed E-state index contributed by atoms with van der Waals surface area (Å²) in [6, 6.07) is 38.8. The monoisotopic (exact) mass is 711 g/mol. The van der Waals surface area contributed by atoms with Crippen LogP contribution in [0.4, 0.5) is 0 Å². The Morgan fingerprint density at radius 3 is 2.04 bits per heavy atom. The molecule has 3 aromatic heterocycles. The number of furan rings is 1. The summed E-state index contributed by atoms with van der Waals surface area (Å²) < 4.78 is 9.07. The van der Waals surface area contributed by atoms with Crippen LogP contribution in [0.5, 0.6) is 0 Å². The molecule has 0 amide bonds. The van der Waals surface area contributed by atoms with Crippen molar-refractivity contribution in [2.24, 2.45) is 17.8 Å². The standard InChI is InChI=1S/C52H41NO2/c54-52-31-15-13-30(14-16-31)37-24-39-40-22-32(35-10-6-12-46-49(35)36-9-4-5-11-45(36)55-46)23-42-50-44(53(51(40)42)43(39)26-41(37)52)25-38(29-7-2-1-3-8-29)47-33-18-27-17-28(19-33)21-34(20-27)48(47)50/h1-12,22-28,30-31,33-34H,13-21H2. The highest BCUT2D eigenvalue weighted by molar-refractivity contribution is 6.27. The van der Waals surface area contributed by atoms with Crippen LogP contribution in [-0.2, 0) is 0 Å². The summed E-state index contributed by atoms with van der Waals surface area (Å²) in [5.74, 6) is 3.85. The van der Waals surface area contributed by atoms with Crippen LogP contribution >= 0.6 is 0 Å². The summed E-state index contributed by atoms with van der Waals surface area (Å²) in [5, 5.41) is 7.82. The summed E-state index contributed by atoms with van der Waals surface area (Å²) in [6.07, 6.45) is 11.0. The highest BCUT2D eigenvalue weighted by Crippen LogP contribution is 2.61. The zero-order valence-electron chi connectivity index (χ0n) is 30.9. The van der Waals surface area contributed by atoms with Gasteiger partial charge in [0.15, 0.2) is 5.78 Å². The Morgan fingerprint density at radius 2 is 1.20 bits per heavy atom. The SMILES string of the molecule is O=C1c2cc3c(cc2C2CCC1CC2)c1cc(-c2cccc4oc5ccccc5c24)cc2c4c5c(c(-c6ccccc6)cc4n3c12)C1CC2CC(C1)CC5C2. The topological polar surface area (TPSA) is 34.6 Å². The zero-order valence-corrected chi connectivity index (χ0v) is 30.9. The molecule has 2 unspecified atom stereocenters. The van der Waals surface area contributed by atoms with Crippen molar-refractivity contribution in [2.75, 3.05) is 0 Å². The second-order valence-electron chi connectivity index (χ2n) is 18.2. The molecule has 266 valence electrons. The first kappa shape index (κ1) is 29.9. The van der Waals surface area contributed by atoms with Crippen LogP contribution in [0.2, 0.25) is 0 Å². The number of carbonyl (C=O) groups is 1. The van der Waals surface area contributed by atoms with Crippen molar-refractivity contribution >= 4 is 65.8 Å². The summed E-state index contributed by atoms with van der Waals surface area (Å²) in [7, 11) is 0. The van der Waals surface area contributed by atoms with Crippen LogP contribution in [0.3, 0.4) is 0 Å². The van der Waals surface area contributed by atoms with Gasteiger partial charge in [0.25, 0.3) is 0 Å². The van der Waals surface area contributed by atoms with Crippen molar-refractivity contribution < 1.29 is 9.21 Å². The predicted octanol–water partition coefficient (Wildman–Crippen LogP) is 13.9. The normalized spacial score (nSPS) is 25.6. The molecular formula is C52H41NO2. The second kappa shape index (κ2) is 10.5. The molecule has 3 fully saturated rings. The molecule has 0 radical (unpaired) electrons. The van der Waals surface area contributed by atoms with Crippen LogP contribution < -0.4 is 0 Å². The Balaban J connectivity index is 1.18. The van der Waals surface area contributed by atoms with Crippen molar-refractivity contribution in [2.45, 2.75) is 75.5 Å². The van der Waals surface area contributed by atoms with E-state index in [4.69, 9.17) is 4.42 Å². The first-order chi connectivity index (χ1) is 27.1. The van der Waals surface area contributed by atoms with Crippen LogP contribution in [0.25, 0.3) is 82.3 Å². The van der Waals surface area contributed by atoms with Crippen molar-refractivity contribution in [1.82, 2.24) is 4.40 Å². The number of fused-ring (bicyclic) bond motifs is 11. The largest absolute Gasteiger partial charge is 0.456 e. The Hall–Kier alpha value is -5.41. The third kappa shape index (κ3) is 3.85. The van der Waals surface area contributed by atoms with Crippen molar-refractivity contribution in [3.63, 3.8) is 0 Å². The lowest BCUT2D eigenvalue weighted by atomic mass is 9.67. The van der Waals surface area contributed by atoms with Gasteiger partial charge < -0.3 is 8.82 Å². The molecule has 0 N–H and O–H groups in total. The number of Topliss-reactive ketones (excluding diaryl/α,β-unsaturated/α-hetero) is 1. The fourth-order valence-electron chi connectivity index (χ4n) is 13.5. The maximum absolute atomic E-state index is 14.3. The number of rotatable bonds is 2. The highest BCUT2D eigenvalue weighted by Gasteiger charge is 2.45. The lowest BCUT2D eigenvalue weighted by Crippen LogP contribution is -2.25. The summed E-state index contributed by atoms with van der Waals surface area (Å²) in [5.41, 5.74) is 16.6. The van der Waals surface area contributed by atoms with E-state index in [2.05, 4.69) is 108 Å². The maximum atomic E-state index is 14.3. The minimum Gasteiger partial charge on any atom is -0.456 e. The van der Waals surface area contributed by atoms with E-state index in [0.29, 0.717) is 23.5 Å². The van der Waals surface area contributed by atoms with Crippen LogP contribution in [0.1, 0.15) is 103 Å². The minimum atomic E-state index is 0.170. The van der Waals surface area contributed by atoms with Crippen molar-refractivity contribution in [3.05, 3.63) is 125 Å². The molecule has 3 heterocycles. The van der Waals surface area contributed by atoms with Crippen LogP contribution in [0, 0.1) is 17.8 Å². The average Bonchev–Trinajstić information content (AvgIpc) is 3.78. The quantitative estimate of drug-likeness (QED) is 0.179. The van der Waals surface area contributed by atoms with Crippen LogP contribution in [-0.4, -0.2) is 10.2 Å². The zero-order chi connectivity index (χ0) is 35.7. The van der Waals surface area contributed by atoms with Crippen LogP contribution in [0.15, 0.2) is 108 Å². The predicted molar refractivity (Wildman–Crippen MR) is 224 cm³/mol. The van der Waals surface area contributed by atoms with Gasteiger partial charge in [-0.1, -0.05) is 60.7 Å². The molecular weight excluding hydrogens is 671 g/mol. The lowest BCUT2D eigenvalue weighted by Gasteiger charge is -2.38. The Labute approximate surface area is 319 Å². The number of aromatic nitrogens is 1. The van der Waals surface area contributed by atoms with E-state index >= 15 is 0 Å². The van der Waals surface area contributed by atoms with Crippen molar-refractivity contribution in [3.8, 4) is 22.3 Å². The molecule has 3 nitrogen and oxygen atoms in total. The van der Waals surface area contributed by atoms with Gasteiger partial charge in [-0.15, -0.1) is 0 Å². The molecule has 7 aliphatic carbocycles. The van der Waals surface area contributed by atoms with Crippen molar-refractivity contribution in [1.29, 1.82) is 0 Å². The van der Waals surface area contributed by atoms with Gasteiger partial charge in [-0.2, -0.15) is 0 Å². The fraction of sp³-hybridized carbons (Fsp3) is 0.288. The van der Waals surface area contributed by atoms with Gasteiger partial charge in [-0.05, 0) is 169 Å². The van der Waals surface area contributed by atoms with E-state index in [1.807, 2.05) is 0 Å². The molecule has 0 aliphatic heterocycles. The molecule has 9 aromatic rings. The summed E-state index contributed by atoms with van der Waals surface area (Å²) >= 11 is 0. The smallest absolute Gasteiger partial charge is 0.166 e. The van der Waals surface area contributed by atoms with E-state index < -0.39 is 0 Å². The summed E-state index contributed by atoms with van der Waals surface area (Å²) in [6.45, 7) is 0. The van der Waals surface area contributed by atoms with Gasteiger partial charge in [0.2, 0.25) is 0 Å². The summed E-state index contributed by atoms with van der Waals surface area (Å²) in [4.78, 5) is 14.3. The van der Waals surface area contributed by atoms with Gasteiger partial charge in [0.1, 0.15) is 11.2 Å². The molecule has 0 saturated heterocycles. The first-order valence-corrected chi connectivity index (χ1v) is 21.0. The second-order valence-corrected chi connectivity index (χ2v) is 18.2. The van der Waals surface area contributed by atoms with Gasteiger partial charge in [0, 0.05) is 43.8 Å². The number of para-hydroxylation sites is 1. The van der Waals surface area contributed by atoms with E-state index in [9.17, 15) is 4.79 Å². The van der Waals surface area contributed by atoms with Gasteiger partial charge in [0.05, 0.1) is 16.6 Å². The molecule has 0 spiro atoms. The van der Waals surface area contributed by atoms with Gasteiger partial charge in [-0.25, -0.2) is 0 Å². The van der Waals surface area contributed by atoms with Gasteiger partial charge >= 0.3 is 0 Å². The molecule has 6 aromatic carbocycles. The number of nitrogens with zero attached hydrogens (tertiary/aromatic N) is 1. The first-order valence-electron chi connectivity index (χ1n) is 21.0. The number of carbonyl (C=O) groups excluding carboxylic acids is 1. The molecule has 3 saturated carbocycles. The Bertz CT molecular complexity index is 3120. The molecule has 2 atom stereocenters. The van der Waals surface area contributed by atoms with E-state index in [-0.39, 0.29) is 5.92 Å². The third-order valence-corrected chi connectivity index (χ3v) is 15.5. The van der Waals surface area contributed by atoms with E-state index in [1.54, 1.807) is 11.1 Å².